The number of hydrogen-bond donors (Lipinski definition) is 4. The van der Waals surface area contributed by atoms with Crippen LogP contribution >= 0.6 is 0 Å². The summed E-state index contributed by atoms with van der Waals surface area (Å²) in [6.07, 6.45) is 2.62. The molecule has 0 unspecified atom stereocenters. The van der Waals surface area contributed by atoms with Crippen molar-refractivity contribution in [2.45, 2.75) is 45.4 Å². The summed E-state index contributed by atoms with van der Waals surface area (Å²) < 4.78 is 35.1. The number of hydrogen-bond acceptors (Lipinski definition) is 6. The van der Waals surface area contributed by atoms with Crippen LogP contribution in [0.15, 0.2) is 41.3 Å². The van der Waals surface area contributed by atoms with Crippen LogP contribution in [0.2, 0.25) is 0 Å². The Morgan fingerprint density at radius 2 is 2.00 bits per heavy atom. The van der Waals surface area contributed by atoms with Crippen molar-refractivity contribution in [3.63, 3.8) is 0 Å². The van der Waals surface area contributed by atoms with E-state index in [0.717, 1.165) is 6.07 Å². The third-order valence-corrected chi connectivity index (χ3v) is 5.57. The standard InChI is InChI=1S/C26H30F2N6O6/c1-14(2)40-23-21(28)15(27)12-18-22(23)32-19(29-18)13-34-11-7-9-17(25(34)37)30-24(36)16(31-26(38)39)8-5-6-10-20(35)33(3)4/h6-7,9-12,14,16,31H,5,8,13H2,1-4H3,(H,29,32)(H,30,36)(H,38,39)/b10-6+/t16-/m0/s1. The van der Waals surface area contributed by atoms with E-state index in [4.69, 9.17) is 9.84 Å². The number of amides is 3. The number of fused-ring (bicyclic) bond motifs is 1. The highest BCUT2D eigenvalue weighted by atomic mass is 19.2. The Kier molecular flexibility index (Phi) is 9.59. The Morgan fingerprint density at radius 3 is 2.65 bits per heavy atom. The molecule has 214 valence electrons. The summed E-state index contributed by atoms with van der Waals surface area (Å²) in [6.45, 7) is 3.17. The van der Waals surface area contributed by atoms with E-state index >= 15 is 0 Å². The lowest BCUT2D eigenvalue weighted by Crippen LogP contribution is -2.44. The largest absolute Gasteiger partial charge is 0.486 e. The normalized spacial score (nSPS) is 12.1. The number of carbonyl (C=O) groups is 3. The molecule has 0 saturated carbocycles. The maximum Gasteiger partial charge on any atom is 0.405 e. The van der Waals surface area contributed by atoms with Crippen LogP contribution in [0.25, 0.3) is 11.0 Å². The van der Waals surface area contributed by atoms with E-state index in [2.05, 4.69) is 20.6 Å². The van der Waals surface area contributed by atoms with Gasteiger partial charge < -0.3 is 34.9 Å². The summed E-state index contributed by atoms with van der Waals surface area (Å²) in [6, 6.07) is 2.57. The van der Waals surface area contributed by atoms with Gasteiger partial charge in [-0.1, -0.05) is 6.08 Å². The first-order valence-electron chi connectivity index (χ1n) is 12.3. The average Bonchev–Trinajstić information content (AvgIpc) is 3.27. The highest BCUT2D eigenvalue weighted by Crippen LogP contribution is 2.30. The summed E-state index contributed by atoms with van der Waals surface area (Å²) in [5, 5.41) is 13.7. The summed E-state index contributed by atoms with van der Waals surface area (Å²) in [5.74, 6) is -3.48. The smallest absolute Gasteiger partial charge is 0.405 e. The van der Waals surface area contributed by atoms with Crippen LogP contribution < -0.4 is 20.9 Å². The second kappa shape index (κ2) is 12.9. The number of aromatic nitrogens is 3. The number of imidazole rings is 1. The molecule has 1 atom stereocenters. The van der Waals surface area contributed by atoms with Gasteiger partial charge in [0.25, 0.3) is 5.56 Å². The number of aromatic amines is 1. The Balaban J connectivity index is 1.79. The van der Waals surface area contributed by atoms with E-state index in [0.29, 0.717) is 0 Å². The zero-order valence-corrected chi connectivity index (χ0v) is 22.3. The van der Waals surface area contributed by atoms with Crippen LogP contribution in [0.4, 0.5) is 19.3 Å². The molecule has 2 heterocycles. The fraction of sp³-hybridized carbons (Fsp3) is 0.346. The van der Waals surface area contributed by atoms with Gasteiger partial charge in [0, 0.05) is 26.4 Å². The third-order valence-electron chi connectivity index (χ3n) is 5.57. The van der Waals surface area contributed by atoms with Crippen LogP contribution in [0.5, 0.6) is 5.75 Å². The Bertz CT molecular complexity index is 1500. The molecule has 0 saturated heterocycles. The summed E-state index contributed by atoms with van der Waals surface area (Å²) in [7, 11) is 3.15. The number of anilines is 1. The first-order chi connectivity index (χ1) is 18.9. The highest BCUT2D eigenvalue weighted by Gasteiger charge is 2.22. The number of pyridine rings is 1. The minimum atomic E-state index is -1.43. The Labute approximate surface area is 227 Å². The van der Waals surface area contributed by atoms with E-state index in [-0.39, 0.29) is 53.6 Å². The average molecular weight is 561 g/mol. The molecule has 4 N–H and O–H groups in total. The SMILES string of the molecule is CC(C)Oc1c(F)c(F)cc2[nH]c(Cn3cccc(NC(=O)[C@H](CC/C=C/C(=O)N(C)C)NC(=O)O)c3=O)nc12. The van der Waals surface area contributed by atoms with Crippen molar-refractivity contribution >= 4 is 34.6 Å². The molecule has 3 aromatic rings. The van der Waals surface area contributed by atoms with Gasteiger partial charge in [0.05, 0.1) is 18.2 Å². The molecule has 14 heteroatoms. The van der Waals surface area contributed by atoms with Gasteiger partial charge >= 0.3 is 6.09 Å². The van der Waals surface area contributed by atoms with Gasteiger partial charge in [-0.05, 0) is 44.9 Å². The quantitative estimate of drug-likeness (QED) is 0.263. The van der Waals surface area contributed by atoms with E-state index < -0.39 is 41.3 Å². The maximum atomic E-state index is 14.4. The molecular formula is C26H30F2N6O6. The number of H-pyrrole nitrogens is 1. The van der Waals surface area contributed by atoms with Gasteiger partial charge in [0.1, 0.15) is 23.1 Å². The maximum absolute atomic E-state index is 14.4. The fourth-order valence-corrected chi connectivity index (χ4v) is 3.69. The van der Waals surface area contributed by atoms with Crippen molar-refractivity contribution in [3.8, 4) is 5.75 Å². The minimum absolute atomic E-state index is 0.0310. The molecule has 3 rings (SSSR count). The molecule has 0 aliphatic rings. The molecule has 0 bridgehead atoms. The monoisotopic (exact) mass is 560 g/mol. The molecule has 0 fully saturated rings. The summed E-state index contributed by atoms with van der Waals surface area (Å²) in [5.41, 5.74) is -0.520. The zero-order valence-electron chi connectivity index (χ0n) is 22.3. The number of ether oxygens (including phenoxy) is 1. The van der Waals surface area contributed by atoms with Crippen molar-refractivity contribution in [1.29, 1.82) is 0 Å². The number of nitrogens with zero attached hydrogens (tertiary/aromatic N) is 3. The molecule has 0 spiro atoms. The van der Waals surface area contributed by atoms with Gasteiger partial charge in [0.2, 0.25) is 17.6 Å². The molecule has 1 aromatic carbocycles. The second-order valence-corrected chi connectivity index (χ2v) is 9.31. The first-order valence-corrected chi connectivity index (χ1v) is 12.3. The number of nitrogens with one attached hydrogen (secondary N) is 3. The predicted molar refractivity (Wildman–Crippen MR) is 142 cm³/mol. The number of carbonyl (C=O) groups excluding carboxylic acids is 2. The molecule has 0 radical (unpaired) electrons. The van der Waals surface area contributed by atoms with Crippen molar-refractivity contribution in [2.75, 3.05) is 19.4 Å². The van der Waals surface area contributed by atoms with E-state index in [1.807, 2.05) is 0 Å². The molecule has 0 aliphatic heterocycles. The number of rotatable bonds is 11. The molecule has 0 aliphatic carbocycles. The lowest BCUT2D eigenvalue weighted by atomic mass is 10.1. The first kappa shape index (κ1) is 29.8. The fourth-order valence-electron chi connectivity index (χ4n) is 3.69. The van der Waals surface area contributed by atoms with Crippen LogP contribution in [0.3, 0.4) is 0 Å². The molecule has 40 heavy (non-hydrogen) atoms. The van der Waals surface area contributed by atoms with Gasteiger partial charge in [-0.2, -0.15) is 4.39 Å². The van der Waals surface area contributed by atoms with Gasteiger partial charge in [-0.25, -0.2) is 14.2 Å². The molecule has 2 aromatic heterocycles. The Morgan fingerprint density at radius 1 is 1.27 bits per heavy atom. The number of benzene rings is 1. The summed E-state index contributed by atoms with van der Waals surface area (Å²) >= 11 is 0. The van der Waals surface area contributed by atoms with Crippen molar-refractivity contribution in [3.05, 3.63) is 64.4 Å². The summed E-state index contributed by atoms with van der Waals surface area (Å²) in [4.78, 5) is 57.2. The van der Waals surface area contributed by atoms with E-state index in [1.165, 1.54) is 39.9 Å². The lowest BCUT2D eigenvalue weighted by Gasteiger charge is -2.16. The highest BCUT2D eigenvalue weighted by molar-refractivity contribution is 5.96. The van der Waals surface area contributed by atoms with Gasteiger partial charge in [-0.15, -0.1) is 0 Å². The lowest BCUT2D eigenvalue weighted by molar-refractivity contribution is -0.123. The zero-order chi connectivity index (χ0) is 29.6. The van der Waals surface area contributed by atoms with Gasteiger partial charge in [-0.3, -0.25) is 14.4 Å². The number of halogens is 2. The Hall–Kier alpha value is -4.75. The topological polar surface area (TPSA) is 159 Å². The van der Waals surface area contributed by atoms with Crippen molar-refractivity contribution in [2.24, 2.45) is 0 Å². The van der Waals surface area contributed by atoms with Crippen LogP contribution in [-0.2, 0) is 16.1 Å². The molecular weight excluding hydrogens is 530 g/mol. The third kappa shape index (κ3) is 7.42. The van der Waals surface area contributed by atoms with Crippen LogP contribution in [0.1, 0.15) is 32.5 Å². The second-order valence-electron chi connectivity index (χ2n) is 9.31. The predicted octanol–water partition coefficient (Wildman–Crippen LogP) is 2.84. The van der Waals surface area contributed by atoms with Crippen molar-refractivity contribution in [1.82, 2.24) is 24.8 Å². The van der Waals surface area contributed by atoms with Gasteiger partial charge in [0.15, 0.2) is 11.6 Å². The minimum Gasteiger partial charge on any atom is -0.486 e. The van der Waals surface area contributed by atoms with Crippen LogP contribution in [-0.4, -0.2) is 68.7 Å². The van der Waals surface area contributed by atoms with E-state index in [1.54, 1.807) is 27.9 Å². The molecule has 12 nitrogen and oxygen atoms in total. The van der Waals surface area contributed by atoms with Crippen molar-refractivity contribution < 1.29 is 33.0 Å². The number of likely N-dealkylation sites (N-methyl/N-ethyl adjacent to an activating group) is 1. The molecule has 3 amide bonds. The van der Waals surface area contributed by atoms with E-state index in [9.17, 15) is 28.0 Å². The number of allylic oxidation sites excluding steroid dienone is 1. The van der Waals surface area contributed by atoms with Crippen LogP contribution in [0, 0.1) is 11.6 Å². The number of carboxylic acid groups (broad SMARTS) is 1.